The van der Waals surface area contributed by atoms with E-state index in [1.54, 1.807) is 0 Å². The van der Waals surface area contributed by atoms with E-state index >= 15 is 0 Å². The Bertz CT molecular complexity index is 1030. The van der Waals surface area contributed by atoms with Gasteiger partial charge in [0.25, 0.3) is 0 Å². The quantitative estimate of drug-likeness (QED) is 0.699. The van der Waals surface area contributed by atoms with Crippen molar-refractivity contribution in [1.82, 2.24) is 10.2 Å². The minimum absolute atomic E-state index is 0.209. The molecule has 162 valence electrons. The molecule has 0 aliphatic carbocycles. The number of amides is 3. The zero-order valence-corrected chi connectivity index (χ0v) is 18.7. The highest BCUT2D eigenvalue weighted by molar-refractivity contribution is 6.34. The lowest BCUT2D eigenvalue weighted by molar-refractivity contribution is -0.139. The minimum Gasteiger partial charge on any atom is -0.334 e. The van der Waals surface area contributed by atoms with E-state index < -0.39 is 5.92 Å². The molecule has 1 atom stereocenters. The van der Waals surface area contributed by atoms with E-state index in [-0.39, 0.29) is 23.3 Å². The van der Waals surface area contributed by atoms with Crippen LogP contribution in [0.5, 0.6) is 0 Å². The van der Waals surface area contributed by atoms with E-state index in [0.717, 1.165) is 41.6 Å². The Labute approximate surface area is 187 Å². The maximum atomic E-state index is 12.4. The molecule has 0 saturated carbocycles. The van der Waals surface area contributed by atoms with Crippen LogP contribution in [-0.4, -0.2) is 29.2 Å². The summed E-state index contributed by atoms with van der Waals surface area (Å²) in [7, 11) is 0. The molecule has 2 fully saturated rings. The highest BCUT2D eigenvalue weighted by atomic mass is 35.5. The average molecular weight is 439 g/mol. The molecular formula is C25H27ClN2O3. The first-order valence-corrected chi connectivity index (χ1v) is 11.2. The third-order valence-electron chi connectivity index (χ3n) is 6.54. The number of nitrogens with one attached hydrogen (secondary N) is 1. The fraction of sp³-hybridized carbons (Fsp3) is 0.400. The number of carbonyl (C=O) groups is 3. The molecule has 0 bridgehead atoms. The summed E-state index contributed by atoms with van der Waals surface area (Å²) in [6.07, 6.45) is 3.40. The smallest absolute Gasteiger partial charge is 0.234 e. The maximum Gasteiger partial charge on any atom is 0.234 e. The summed E-state index contributed by atoms with van der Waals surface area (Å²) in [6, 6.07) is 13.8. The summed E-state index contributed by atoms with van der Waals surface area (Å²) < 4.78 is 0. The van der Waals surface area contributed by atoms with Crippen molar-refractivity contribution >= 4 is 29.3 Å². The van der Waals surface area contributed by atoms with Crippen LogP contribution in [0.3, 0.4) is 0 Å². The van der Waals surface area contributed by atoms with Gasteiger partial charge in [0.1, 0.15) is 0 Å². The molecule has 6 heteroatoms. The zero-order chi connectivity index (χ0) is 22.2. The number of rotatable bonds is 4. The highest BCUT2D eigenvalue weighted by Crippen LogP contribution is 2.38. The lowest BCUT2D eigenvalue weighted by Gasteiger charge is -2.41. The molecule has 4 rings (SSSR count). The Hall–Kier alpha value is -2.66. The largest absolute Gasteiger partial charge is 0.334 e. The van der Waals surface area contributed by atoms with Crippen molar-refractivity contribution in [1.29, 1.82) is 0 Å². The van der Waals surface area contributed by atoms with Crippen molar-refractivity contribution in [2.75, 3.05) is 6.54 Å². The molecule has 0 spiro atoms. The molecule has 31 heavy (non-hydrogen) atoms. The molecule has 1 unspecified atom stereocenters. The first kappa shape index (κ1) is 21.6. The first-order valence-electron chi connectivity index (χ1n) is 10.8. The van der Waals surface area contributed by atoms with Gasteiger partial charge >= 0.3 is 0 Å². The van der Waals surface area contributed by atoms with Gasteiger partial charge in [0.15, 0.2) is 0 Å². The lowest BCUT2D eigenvalue weighted by Crippen LogP contribution is -2.47. The molecule has 2 aliphatic heterocycles. The Balaban J connectivity index is 1.62. The lowest BCUT2D eigenvalue weighted by atomic mass is 9.87. The fourth-order valence-corrected chi connectivity index (χ4v) is 5.01. The number of nitrogens with zero attached hydrogens (tertiary/aromatic N) is 1. The van der Waals surface area contributed by atoms with Gasteiger partial charge in [0.2, 0.25) is 17.7 Å². The standard InChI is InChI=1S/C25H27ClN2O3/c1-25(2,28-15-4-3-8-22(28)30)17-11-9-16(10-12-17)18-6-5-7-19(23(18)26)20-13-14-21(29)27-24(20)31/h5-7,9-12,20H,3-4,8,13-15H2,1-2H3,(H,27,29,31). The van der Waals surface area contributed by atoms with Gasteiger partial charge in [-0.3, -0.25) is 19.7 Å². The molecule has 3 amide bonds. The zero-order valence-electron chi connectivity index (χ0n) is 17.9. The maximum absolute atomic E-state index is 12.4. The van der Waals surface area contributed by atoms with Gasteiger partial charge in [-0.05, 0) is 49.8 Å². The number of likely N-dealkylation sites (tertiary alicyclic amines) is 1. The van der Waals surface area contributed by atoms with Crippen molar-refractivity contribution in [3.63, 3.8) is 0 Å². The number of benzene rings is 2. The normalized spacial score (nSPS) is 20.0. The topological polar surface area (TPSA) is 66.5 Å². The predicted octanol–water partition coefficient (Wildman–Crippen LogP) is 4.77. The Morgan fingerprint density at radius 1 is 1.00 bits per heavy atom. The summed E-state index contributed by atoms with van der Waals surface area (Å²) in [5.41, 5.74) is 3.23. The molecule has 2 heterocycles. The van der Waals surface area contributed by atoms with E-state index in [2.05, 4.69) is 19.2 Å². The van der Waals surface area contributed by atoms with Crippen LogP contribution in [0, 0.1) is 0 Å². The van der Waals surface area contributed by atoms with Gasteiger partial charge < -0.3 is 4.90 Å². The Morgan fingerprint density at radius 2 is 1.74 bits per heavy atom. The number of imide groups is 1. The molecule has 0 radical (unpaired) electrons. The molecule has 2 aliphatic rings. The van der Waals surface area contributed by atoms with Gasteiger partial charge in [0.05, 0.1) is 16.5 Å². The van der Waals surface area contributed by atoms with Crippen molar-refractivity contribution < 1.29 is 14.4 Å². The Kier molecular flexibility index (Phi) is 5.89. The molecule has 2 saturated heterocycles. The molecule has 2 aromatic rings. The van der Waals surface area contributed by atoms with Gasteiger partial charge in [0, 0.05) is 24.9 Å². The van der Waals surface area contributed by atoms with Crippen LogP contribution in [0.25, 0.3) is 11.1 Å². The van der Waals surface area contributed by atoms with Gasteiger partial charge in [-0.2, -0.15) is 0 Å². The van der Waals surface area contributed by atoms with Crippen LogP contribution in [0.1, 0.15) is 63.0 Å². The minimum atomic E-state index is -0.423. The number of halogens is 1. The van der Waals surface area contributed by atoms with E-state index in [0.29, 0.717) is 24.3 Å². The molecule has 5 nitrogen and oxygen atoms in total. The first-order chi connectivity index (χ1) is 14.8. The van der Waals surface area contributed by atoms with Crippen LogP contribution in [0.2, 0.25) is 5.02 Å². The van der Waals surface area contributed by atoms with Crippen LogP contribution in [0.15, 0.2) is 42.5 Å². The summed E-state index contributed by atoms with van der Waals surface area (Å²) in [4.78, 5) is 38.2. The van der Waals surface area contributed by atoms with Crippen molar-refractivity contribution in [2.45, 2.75) is 57.4 Å². The number of carbonyl (C=O) groups excluding carboxylic acids is 3. The van der Waals surface area contributed by atoms with Gasteiger partial charge in [-0.1, -0.05) is 54.1 Å². The van der Waals surface area contributed by atoms with Crippen molar-refractivity contribution in [3.05, 3.63) is 58.6 Å². The van der Waals surface area contributed by atoms with Crippen LogP contribution < -0.4 is 5.32 Å². The van der Waals surface area contributed by atoms with Crippen molar-refractivity contribution in [3.8, 4) is 11.1 Å². The number of hydrogen-bond acceptors (Lipinski definition) is 3. The average Bonchev–Trinajstić information content (AvgIpc) is 2.75. The molecular weight excluding hydrogens is 412 g/mol. The van der Waals surface area contributed by atoms with Crippen LogP contribution in [-0.2, 0) is 19.9 Å². The molecule has 2 aromatic carbocycles. The predicted molar refractivity (Wildman–Crippen MR) is 121 cm³/mol. The van der Waals surface area contributed by atoms with Crippen LogP contribution >= 0.6 is 11.6 Å². The molecule has 1 N–H and O–H groups in total. The highest BCUT2D eigenvalue weighted by Gasteiger charge is 2.34. The van der Waals surface area contributed by atoms with Gasteiger partial charge in [-0.15, -0.1) is 0 Å². The monoisotopic (exact) mass is 438 g/mol. The van der Waals surface area contributed by atoms with E-state index in [1.807, 2.05) is 47.4 Å². The van der Waals surface area contributed by atoms with Crippen LogP contribution in [0.4, 0.5) is 0 Å². The van der Waals surface area contributed by atoms with E-state index in [9.17, 15) is 14.4 Å². The molecule has 0 aromatic heterocycles. The second-order valence-corrected chi connectivity index (χ2v) is 9.23. The SMILES string of the molecule is CC(C)(c1ccc(-c2cccc(C3CCC(=O)NC3=O)c2Cl)cc1)N1CCCCC1=O. The second kappa shape index (κ2) is 8.46. The summed E-state index contributed by atoms with van der Waals surface area (Å²) in [6.45, 7) is 4.96. The summed E-state index contributed by atoms with van der Waals surface area (Å²) >= 11 is 6.73. The second-order valence-electron chi connectivity index (χ2n) is 8.85. The number of hydrogen-bond donors (Lipinski definition) is 1. The Morgan fingerprint density at radius 3 is 2.42 bits per heavy atom. The fourth-order valence-electron chi connectivity index (χ4n) is 4.64. The third kappa shape index (κ3) is 4.11. The summed E-state index contributed by atoms with van der Waals surface area (Å²) in [5, 5.41) is 2.94. The van der Waals surface area contributed by atoms with E-state index in [1.165, 1.54) is 0 Å². The third-order valence-corrected chi connectivity index (χ3v) is 6.97. The van der Waals surface area contributed by atoms with Gasteiger partial charge in [-0.25, -0.2) is 0 Å². The summed E-state index contributed by atoms with van der Waals surface area (Å²) in [5.74, 6) is -0.744. The van der Waals surface area contributed by atoms with E-state index in [4.69, 9.17) is 11.6 Å². The number of piperidine rings is 2. The van der Waals surface area contributed by atoms with Crippen molar-refractivity contribution in [2.24, 2.45) is 0 Å².